The molecule has 0 aliphatic carbocycles. The van der Waals surface area contributed by atoms with E-state index >= 15 is 0 Å². The topological polar surface area (TPSA) is 159 Å². The quantitative estimate of drug-likeness (QED) is 0.322. The van der Waals surface area contributed by atoms with Gasteiger partial charge in [-0.25, -0.2) is 0 Å². The first-order valence-corrected chi connectivity index (χ1v) is 6.19. The molecule has 0 saturated carbocycles. The molecule has 0 spiro atoms. The molecule has 1 heterocycles. The fraction of sp³-hybridized carbons (Fsp3) is 0.500. The van der Waals surface area contributed by atoms with E-state index < -0.39 is 41.7 Å². The minimum Gasteiger partial charge on any atom is -0.394 e. The third-order valence-electron chi connectivity index (χ3n) is 3.55. The minimum absolute atomic E-state index is 0.0741. The zero-order valence-corrected chi connectivity index (χ0v) is 10.9. The van der Waals surface area contributed by atoms with Crippen LogP contribution in [0.1, 0.15) is 5.56 Å². The Morgan fingerprint density at radius 2 is 1.86 bits per heavy atom. The highest BCUT2D eigenvalue weighted by atomic mass is 16.6. The second-order valence-corrected chi connectivity index (χ2v) is 4.85. The SMILES string of the molecule is N[C@@H]1[C@@H](O)[C@H](O)[C@@H](CO)OC1(O)c1ccc([N+](=O)[O-])cc1. The molecule has 1 aromatic carbocycles. The Labute approximate surface area is 119 Å². The zero-order valence-electron chi connectivity index (χ0n) is 10.9. The number of aliphatic hydroxyl groups excluding tert-OH is 3. The van der Waals surface area contributed by atoms with Crippen LogP contribution in [0.15, 0.2) is 24.3 Å². The van der Waals surface area contributed by atoms with Gasteiger partial charge in [0.2, 0.25) is 5.79 Å². The molecule has 1 aliphatic rings. The third-order valence-corrected chi connectivity index (χ3v) is 3.55. The fourth-order valence-electron chi connectivity index (χ4n) is 2.27. The molecule has 1 unspecified atom stereocenters. The predicted octanol–water partition coefficient (Wildman–Crippen LogP) is -1.82. The van der Waals surface area contributed by atoms with Crippen molar-refractivity contribution < 1.29 is 30.1 Å². The lowest BCUT2D eigenvalue weighted by Gasteiger charge is -2.46. The summed E-state index contributed by atoms with van der Waals surface area (Å²) in [7, 11) is 0. The van der Waals surface area contributed by atoms with E-state index in [9.17, 15) is 25.4 Å². The summed E-state index contributed by atoms with van der Waals surface area (Å²) in [4.78, 5) is 10.0. The highest BCUT2D eigenvalue weighted by Crippen LogP contribution is 2.35. The summed E-state index contributed by atoms with van der Waals surface area (Å²) < 4.78 is 5.21. The molecule has 1 saturated heterocycles. The number of benzene rings is 1. The highest BCUT2D eigenvalue weighted by Gasteiger charge is 2.52. The Balaban J connectivity index is 2.37. The maximum atomic E-state index is 10.6. The van der Waals surface area contributed by atoms with Crippen LogP contribution in [0.3, 0.4) is 0 Å². The van der Waals surface area contributed by atoms with E-state index in [0.717, 1.165) is 12.1 Å². The van der Waals surface area contributed by atoms with E-state index in [2.05, 4.69) is 0 Å². The number of hydrogen-bond acceptors (Lipinski definition) is 8. The minimum atomic E-state index is -2.18. The molecule has 0 aromatic heterocycles. The summed E-state index contributed by atoms with van der Waals surface area (Å²) in [5, 5.41) is 49.8. The van der Waals surface area contributed by atoms with Gasteiger partial charge < -0.3 is 30.9 Å². The molecule has 6 N–H and O–H groups in total. The predicted molar refractivity (Wildman–Crippen MR) is 68.9 cm³/mol. The molecule has 0 radical (unpaired) electrons. The first-order valence-electron chi connectivity index (χ1n) is 6.19. The molecular formula is C12H16N2O7. The average molecular weight is 300 g/mol. The summed E-state index contributed by atoms with van der Waals surface area (Å²) in [5.41, 5.74) is 5.58. The smallest absolute Gasteiger partial charge is 0.269 e. The zero-order chi connectivity index (χ0) is 15.8. The van der Waals surface area contributed by atoms with Crippen molar-refractivity contribution >= 4 is 5.69 Å². The van der Waals surface area contributed by atoms with E-state index in [0.29, 0.717) is 0 Å². The van der Waals surface area contributed by atoms with Gasteiger partial charge in [-0.05, 0) is 12.1 Å². The number of nitrogens with two attached hydrogens (primary N) is 1. The van der Waals surface area contributed by atoms with Crippen LogP contribution in [0.4, 0.5) is 5.69 Å². The molecule has 5 atom stereocenters. The Morgan fingerprint density at radius 3 is 2.33 bits per heavy atom. The second kappa shape index (κ2) is 5.64. The van der Waals surface area contributed by atoms with Gasteiger partial charge in [-0.2, -0.15) is 0 Å². The van der Waals surface area contributed by atoms with Gasteiger partial charge in [0.05, 0.1) is 17.6 Å². The molecule has 116 valence electrons. The highest BCUT2D eigenvalue weighted by molar-refractivity contribution is 5.35. The van der Waals surface area contributed by atoms with Gasteiger partial charge in [-0.3, -0.25) is 10.1 Å². The molecule has 1 aromatic rings. The summed E-state index contributed by atoms with van der Waals surface area (Å²) in [6.07, 6.45) is -4.22. The molecular weight excluding hydrogens is 284 g/mol. The lowest BCUT2D eigenvalue weighted by molar-refractivity contribution is -0.385. The number of hydrogen-bond donors (Lipinski definition) is 5. The third kappa shape index (κ3) is 2.62. The summed E-state index contributed by atoms with van der Waals surface area (Å²) >= 11 is 0. The first-order chi connectivity index (χ1) is 9.81. The van der Waals surface area contributed by atoms with Crippen LogP contribution < -0.4 is 5.73 Å². The van der Waals surface area contributed by atoms with E-state index in [1.54, 1.807) is 0 Å². The van der Waals surface area contributed by atoms with Crippen molar-refractivity contribution in [1.82, 2.24) is 0 Å². The Hall–Kier alpha value is -1.62. The molecule has 9 nitrogen and oxygen atoms in total. The van der Waals surface area contributed by atoms with Crippen LogP contribution >= 0.6 is 0 Å². The van der Waals surface area contributed by atoms with Crippen molar-refractivity contribution in [3.05, 3.63) is 39.9 Å². The summed E-state index contributed by atoms with van der Waals surface area (Å²) in [6, 6.07) is 3.37. The molecule has 1 fully saturated rings. The van der Waals surface area contributed by atoms with Crippen molar-refractivity contribution in [3.63, 3.8) is 0 Å². The van der Waals surface area contributed by atoms with Crippen molar-refractivity contribution in [3.8, 4) is 0 Å². The summed E-state index contributed by atoms with van der Waals surface area (Å²) in [6.45, 7) is -0.639. The Morgan fingerprint density at radius 1 is 1.29 bits per heavy atom. The number of nitrogens with zero attached hydrogens (tertiary/aromatic N) is 1. The van der Waals surface area contributed by atoms with Crippen molar-refractivity contribution in [2.24, 2.45) is 5.73 Å². The fourth-order valence-corrected chi connectivity index (χ4v) is 2.27. The van der Waals surface area contributed by atoms with Crippen LogP contribution in [0.5, 0.6) is 0 Å². The van der Waals surface area contributed by atoms with Crippen LogP contribution in [-0.4, -0.2) is 56.3 Å². The Kier molecular flexibility index (Phi) is 4.23. The molecule has 0 amide bonds. The molecule has 2 rings (SSSR count). The standard InChI is InChI=1S/C12H16N2O7/c13-11-10(17)9(16)8(5-15)21-12(11,18)6-1-3-7(4-2-6)14(19)20/h1-4,8-11,15-18H,5,13H2/t8-,9-,10+,11-,12?/m1/s1. The van der Waals surface area contributed by atoms with Crippen LogP contribution in [-0.2, 0) is 10.5 Å². The monoisotopic (exact) mass is 300 g/mol. The van der Waals surface area contributed by atoms with Gasteiger partial charge in [0, 0.05) is 17.7 Å². The normalized spacial score (nSPS) is 36.4. The number of non-ortho nitro benzene ring substituents is 1. The average Bonchev–Trinajstić information content (AvgIpc) is 2.49. The van der Waals surface area contributed by atoms with E-state index in [1.165, 1.54) is 12.1 Å². The van der Waals surface area contributed by atoms with Crippen LogP contribution in [0.2, 0.25) is 0 Å². The maximum Gasteiger partial charge on any atom is 0.269 e. The molecule has 9 heteroatoms. The van der Waals surface area contributed by atoms with Crippen molar-refractivity contribution in [2.45, 2.75) is 30.1 Å². The van der Waals surface area contributed by atoms with E-state index in [4.69, 9.17) is 15.6 Å². The largest absolute Gasteiger partial charge is 0.394 e. The van der Waals surface area contributed by atoms with E-state index in [-0.39, 0.29) is 11.3 Å². The number of nitro benzene ring substituents is 1. The lowest BCUT2D eigenvalue weighted by atomic mass is 9.86. The van der Waals surface area contributed by atoms with Gasteiger partial charge >= 0.3 is 0 Å². The summed E-state index contributed by atoms with van der Waals surface area (Å²) in [5.74, 6) is -2.18. The lowest BCUT2D eigenvalue weighted by Crippen LogP contribution is -2.66. The number of nitro groups is 1. The van der Waals surface area contributed by atoms with Gasteiger partial charge in [-0.1, -0.05) is 0 Å². The number of ether oxygens (including phenoxy) is 1. The van der Waals surface area contributed by atoms with Crippen LogP contribution in [0.25, 0.3) is 0 Å². The van der Waals surface area contributed by atoms with Crippen LogP contribution in [0, 0.1) is 10.1 Å². The van der Waals surface area contributed by atoms with Crippen molar-refractivity contribution in [2.75, 3.05) is 6.61 Å². The van der Waals surface area contributed by atoms with Crippen molar-refractivity contribution in [1.29, 1.82) is 0 Å². The number of rotatable bonds is 3. The van der Waals surface area contributed by atoms with Gasteiger partial charge in [0.15, 0.2) is 0 Å². The maximum absolute atomic E-state index is 10.6. The van der Waals surface area contributed by atoms with Gasteiger partial charge in [-0.15, -0.1) is 0 Å². The molecule has 1 aliphatic heterocycles. The second-order valence-electron chi connectivity index (χ2n) is 4.85. The first kappa shape index (κ1) is 15.8. The molecule has 0 bridgehead atoms. The number of aliphatic hydroxyl groups is 4. The molecule has 21 heavy (non-hydrogen) atoms. The Bertz CT molecular complexity index is 521. The van der Waals surface area contributed by atoms with Gasteiger partial charge in [0.25, 0.3) is 5.69 Å². The van der Waals surface area contributed by atoms with Gasteiger partial charge in [0.1, 0.15) is 18.3 Å². The van der Waals surface area contributed by atoms with E-state index in [1.807, 2.05) is 0 Å².